The van der Waals surface area contributed by atoms with Crippen molar-refractivity contribution in [3.8, 4) is 22.8 Å². The molecule has 2 atom stereocenters. The second kappa shape index (κ2) is 12.5. The van der Waals surface area contributed by atoms with E-state index in [1.54, 1.807) is 36.4 Å². The van der Waals surface area contributed by atoms with Crippen LogP contribution in [0.25, 0.3) is 22.2 Å². The molecule has 0 bridgehead atoms. The normalized spacial score (nSPS) is 17.0. The zero-order valence-electron chi connectivity index (χ0n) is 22.2. The molecule has 41 heavy (non-hydrogen) atoms. The van der Waals surface area contributed by atoms with E-state index in [1.807, 2.05) is 30.3 Å². The van der Waals surface area contributed by atoms with Crippen LogP contribution in [0.1, 0.15) is 31.4 Å². The molecule has 2 aromatic heterocycles. The highest BCUT2D eigenvalue weighted by atomic mass is 35.5. The van der Waals surface area contributed by atoms with Crippen LogP contribution in [0.3, 0.4) is 0 Å². The van der Waals surface area contributed by atoms with E-state index >= 15 is 0 Å². The molecule has 2 unspecified atom stereocenters. The Morgan fingerprint density at radius 2 is 1.88 bits per heavy atom. The number of hydrogen-bond donors (Lipinski definition) is 2. The molecule has 0 spiro atoms. The number of alkyl halides is 1. The molecule has 1 fully saturated rings. The molecule has 6 nitrogen and oxygen atoms in total. The number of para-hydroxylation sites is 1. The fraction of sp³-hybridized carbons (Fsp3) is 0.250. The molecule has 1 aliphatic rings. The molecule has 0 aliphatic heterocycles. The molecule has 0 radical (unpaired) electrons. The summed E-state index contributed by atoms with van der Waals surface area (Å²) in [4.78, 5) is 8.89. The molecule has 3 aromatic carbocycles. The standard InChI is InChI=1S/C32H29Cl2FN4O2/c33-22-5-3-4-20(14-22)17-36-18-24-10-13-29(40-24)21-8-11-28-25(15-21)32(38-19-37-28)39-23-9-12-30(26(34)16-23)41-31-7-2-1-6-27(31)35/h1-2,6-13,15-16,19-20,22,36H,3-5,14,17-18H2,(H,37,38,39). The predicted molar refractivity (Wildman–Crippen MR) is 162 cm³/mol. The maximum atomic E-state index is 14.0. The third kappa shape index (κ3) is 6.64. The van der Waals surface area contributed by atoms with Crippen LogP contribution in [0.4, 0.5) is 15.9 Å². The highest BCUT2D eigenvalue weighted by molar-refractivity contribution is 6.32. The summed E-state index contributed by atoms with van der Waals surface area (Å²) in [6.45, 7) is 1.62. The summed E-state index contributed by atoms with van der Waals surface area (Å²) in [5.74, 6) is 2.89. The van der Waals surface area contributed by atoms with E-state index in [0.29, 0.717) is 40.1 Å². The maximum Gasteiger partial charge on any atom is 0.165 e. The van der Waals surface area contributed by atoms with Gasteiger partial charge in [0.15, 0.2) is 11.6 Å². The molecule has 2 heterocycles. The molecular formula is C32H29Cl2FN4O2. The minimum atomic E-state index is -0.460. The van der Waals surface area contributed by atoms with Gasteiger partial charge in [-0.1, -0.05) is 30.2 Å². The van der Waals surface area contributed by atoms with Gasteiger partial charge in [-0.15, -0.1) is 11.6 Å². The number of nitrogens with zero attached hydrogens (tertiary/aromatic N) is 2. The third-order valence-corrected chi connectivity index (χ3v) is 7.98. The summed E-state index contributed by atoms with van der Waals surface area (Å²) >= 11 is 12.8. The lowest BCUT2D eigenvalue weighted by atomic mass is 9.89. The van der Waals surface area contributed by atoms with Crippen LogP contribution >= 0.6 is 23.2 Å². The SMILES string of the molecule is Fc1ccccc1Oc1ccc(Nc2ncnc3ccc(-c4ccc(CNCC5CCCC(Cl)C5)o4)cc23)cc1Cl. The molecule has 2 N–H and O–H groups in total. The van der Waals surface area contributed by atoms with Crippen LogP contribution in [0, 0.1) is 11.7 Å². The van der Waals surface area contributed by atoms with Gasteiger partial charge in [-0.3, -0.25) is 0 Å². The topological polar surface area (TPSA) is 72.2 Å². The van der Waals surface area contributed by atoms with E-state index in [-0.39, 0.29) is 5.75 Å². The van der Waals surface area contributed by atoms with Gasteiger partial charge in [0.1, 0.15) is 29.4 Å². The average Bonchev–Trinajstić information content (AvgIpc) is 3.45. The predicted octanol–water partition coefficient (Wildman–Crippen LogP) is 9.11. The number of ether oxygens (including phenoxy) is 1. The quantitative estimate of drug-likeness (QED) is 0.167. The van der Waals surface area contributed by atoms with Gasteiger partial charge in [-0.05, 0) is 92.4 Å². The summed E-state index contributed by atoms with van der Waals surface area (Å²) in [6.07, 6.45) is 6.14. The zero-order chi connectivity index (χ0) is 28.2. The zero-order valence-corrected chi connectivity index (χ0v) is 23.8. The molecule has 1 aliphatic carbocycles. The van der Waals surface area contributed by atoms with Crippen molar-refractivity contribution in [1.82, 2.24) is 15.3 Å². The number of aromatic nitrogens is 2. The van der Waals surface area contributed by atoms with Gasteiger partial charge >= 0.3 is 0 Å². The fourth-order valence-corrected chi connectivity index (χ4v) is 5.82. The Morgan fingerprint density at radius 1 is 0.976 bits per heavy atom. The van der Waals surface area contributed by atoms with Crippen molar-refractivity contribution in [3.05, 3.63) is 95.7 Å². The molecule has 6 rings (SSSR count). The number of furan rings is 1. The van der Waals surface area contributed by atoms with Crippen molar-refractivity contribution in [1.29, 1.82) is 0 Å². The smallest absolute Gasteiger partial charge is 0.165 e. The molecule has 0 amide bonds. The lowest BCUT2D eigenvalue weighted by Gasteiger charge is -2.25. The molecular weight excluding hydrogens is 562 g/mol. The van der Waals surface area contributed by atoms with E-state index in [4.69, 9.17) is 32.4 Å². The molecule has 1 saturated carbocycles. The van der Waals surface area contributed by atoms with Crippen molar-refractivity contribution in [2.24, 2.45) is 5.92 Å². The first-order valence-electron chi connectivity index (χ1n) is 13.7. The van der Waals surface area contributed by atoms with Crippen LogP contribution < -0.4 is 15.4 Å². The summed E-state index contributed by atoms with van der Waals surface area (Å²) in [6, 6.07) is 21.3. The second-order valence-corrected chi connectivity index (χ2v) is 11.3. The summed E-state index contributed by atoms with van der Waals surface area (Å²) < 4.78 is 25.8. The van der Waals surface area contributed by atoms with Gasteiger partial charge < -0.3 is 19.8 Å². The Balaban J connectivity index is 1.16. The number of fused-ring (bicyclic) bond motifs is 1. The van der Waals surface area contributed by atoms with Crippen LogP contribution in [0.2, 0.25) is 5.02 Å². The van der Waals surface area contributed by atoms with Gasteiger partial charge in [-0.25, -0.2) is 14.4 Å². The van der Waals surface area contributed by atoms with E-state index in [0.717, 1.165) is 47.4 Å². The van der Waals surface area contributed by atoms with Crippen molar-refractivity contribution >= 4 is 45.6 Å². The number of hydrogen-bond acceptors (Lipinski definition) is 6. The second-order valence-electron chi connectivity index (χ2n) is 10.3. The Hall–Kier alpha value is -3.65. The van der Waals surface area contributed by atoms with E-state index < -0.39 is 5.82 Å². The van der Waals surface area contributed by atoms with E-state index in [2.05, 4.69) is 20.6 Å². The fourth-order valence-electron chi connectivity index (χ4n) is 5.19. The van der Waals surface area contributed by atoms with Gasteiger partial charge in [0.2, 0.25) is 0 Å². The largest absolute Gasteiger partial charge is 0.460 e. The summed E-state index contributed by atoms with van der Waals surface area (Å²) in [7, 11) is 0. The van der Waals surface area contributed by atoms with E-state index in [9.17, 15) is 4.39 Å². The van der Waals surface area contributed by atoms with Crippen LogP contribution in [-0.4, -0.2) is 21.9 Å². The van der Waals surface area contributed by atoms with E-state index in [1.165, 1.54) is 25.2 Å². The first kappa shape index (κ1) is 27.5. The van der Waals surface area contributed by atoms with Crippen LogP contribution in [-0.2, 0) is 6.54 Å². The number of rotatable bonds is 9. The highest BCUT2D eigenvalue weighted by Crippen LogP contribution is 2.35. The number of anilines is 2. The van der Waals surface area contributed by atoms with Gasteiger partial charge in [0.25, 0.3) is 0 Å². The Bertz CT molecular complexity index is 1660. The minimum Gasteiger partial charge on any atom is -0.460 e. The summed E-state index contributed by atoms with van der Waals surface area (Å²) in [5, 5.41) is 8.32. The van der Waals surface area contributed by atoms with Crippen LogP contribution in [0.15, 0.2) is 83.5 Å². The Morgan fingerprint density at radius 3 is 2.73 bits per heavy atom. The Kier molecular flexibility index (Phi) is 8.37. The molecule has 0 saturated heterocycles. The molecule has 9 heteroatoms. The van der Waals surface area contributed by atoms with Crippen molar-refractivity contribution in [3.63, 3.8) is 0 Å². The first-order chi connectivity index (χ1) is 20.0. The molecule has 210 valence electrons. The molecule has 5 aromatic rings. The van der Waals surface area contributed by atoms with Crippen molar-refractivity contribution < 1.29 is 13.5 Å². The lowest BCUT2D eigenvalue weighted by Crippen LogP contribution is -2.27. The Labute approximate surface area is 247 Å². The van der Waals surface area contributed by atoms with Crippen LogP contribution in [0.5, 0.6) is 11.5 Å². The minimum absolute atomic E-state index is 0.106. The number of benzene rings is 3. The van der Waals surface area contributed by atoms with Gasteiger partial charge in [0.05, 0.1) is 17.1 Å². The maximum absolute atomic E-state index is 14.0. The van der Waals surface area contributed by atoms with Crippen molar-refractivity contribution in [2.45, 2.75) is 37.6 Å². The number of halogens is 3. The average molecular weight is 592 g/mol. The first-order valence-corrected chi connectivity index (χ1v) is 14.5. The monoisotopic (exact) mass is 590 g/mol. The third-order valence-electron chi connectivity index (χ3n) is 7.28. The summed E-state index contributed by atoms with van der Waals surface area (Å²) in [5.41, 5.74) is 2.41. The lowest BCUT2D eigenvalue weighted by molar-refractivity contribution is 0.341. The van der Waals surface area contributed by atoms with Gasteiger partial charge in [0, 0.05) is 22.0 Å². The van der Waals surface area contributed by atoms with Gasteiger partial charge in [-0.2, -0.15) is 0 Å². The van der Waals surface area contributed by atoms with Crippen molar-refractivity contribution in [2.75, 3.05) is 11.9 Å². The highest BCUT2D eigenvalue weighted by Gasteiger charge is 2.20. The number of nitrogens with one attached hydrogen (secondary N) is 2.